The average molecular weight is 258 g/mol. The van der Waals surface area contributed by atoms with Crippen LogP contribution in [0, 0.1) is 11.3 Å². The van der Waals surface area contributed by atoms with Crippen LogP contribution in [0.4, 0.5) is 5.82 Å². The molecule has 3 nitrogen and oxygen atoms in total. The first kappa shape index (κ1) is 12.4. The van der Waals surface area contributed by atoms with Crippen molar-refractivity contribution in [3.05, 3.63) is 58.7 Å². The van der Waals surface area contributed by atoms with Crippen LogP contribution in [-0.4, -0.2) is 12.0 Å². The molecular weight excluding hydrogens is 246 g/mol. The van der Waals surface area contributed by atoms with Crippen molar-refractivity contribution in [2.45, 2.75) is 6.54 Å². The van der Waals surface area contributed by atoms with Crippen molar-refractivity contribution in [3.63, 3.8) is 0 Å². The van der Waals surface area contributed by atoms with Crippen molar-refractivity contribution < 1.29 is 0 Å². The molecule has 0 radical (unpaired) electrons. The van der Waals surface area contributed by atoms with Crippen LogP contribution in [0.1, 0.15) is 11.1 Å². The molecule has 4 heteroatoms. The van der Waals surface area contributed by atoms with E-state index in [-0.39, 0.29) is 0 Å². The van der Waals surface area contributed by atoms with Gasteiger partial charge >= 0.3 is 0 Å². The molecule has 0 saturated carbocycles. The maximum absolute atomic E-state index is 8.86. The van der Waals surface area contributed by atoms with Gasteiger partial charge in [0.1, 0.15) is 5.82 Å². The summed E-state index contributed by atoms with van der Waals surface area (Å²) >= 11 is 6.11. The Bertz CT molecular complexity index is 590. The van der Waals surface area contributed by atoms with Gasteiger partial charge in [-0.1, -0.05) is 29.8 Å². The zero-order valence-corrected chi connectivity index (χ0v) is 10.7. The van der Waals surface area contributed by atoms with E-state index in [1.165, 1.54) is 0 Å². The summed E-state index contributed by atoms with van der Waals surface area (Å²) in [5.41, 5.74) is 1.64. The van der Waals surface area contributed by atoms with Crippen LogP contribution in [0.3, 0.4) is 0 Å². The third kappa shape index (κ3) is 2.79. The highest BCUT2D eigenvalue weighted by molar-refractivity contribution is 6.31. The van der Waals surface area contributed by atoms with Crippen molar-refractivity contribution in [1.29, 1.82) is 5.26 Å². The van der Waals surface area contributed by atoms with Gasteiger partial charge in [0.05, 0.1) is 11.6 Å². The van der Waals surface area contributed by atoms with E-state index in [0.717, 1.165) is 16.4 Å². The van der Waals surface area contributed by atoms with Crippen LogP contribution in [0.25, 0.3) is 0 Å². The molecular formula is C14H12ClN3. The minimum atomic E-state index is 0.603. The molecule has 0 aliphatic rings. The highest BCUT2D eigenvalue weighted by Crippen LogP contribution is 2.19. The molecule has 0 aliphatic carbocycles. The van der Waals surface area contributed by atoms with Crippen LogP contribution >= 0.6 is 11.6 Å². The largest absolute Gasteiger partial charge is 0.355 e. The van der Waals surface area contributed by atoms with Gasteiger partial charge in [0, 0.05) is 24.8 Å². The second-order valence-corrected chi connectivity index (χ2v) is 4.37. The summed E-state index contributed by atoms with van der Waals surface area (Å²) in [6.45, 7) is 0.654. The molecule has 0 saturated heterocycles. The van der Waals surface area contributed by atoms with E-state index in [1.807, 2.05) is 36.2 Å². The smallest absolute Gasteiger partial charge is 0.129 e. The first-order valence-electron chi connectivity index (χ1n) is 5.51. The molecule has 0 atom stereocenters. The number of halogens is 1. The summed E-state index contributed by atoms with van der Waals surface area (Å²) in [6.07, 6.45) is 1.64. The fourth-order valence-electron chi connectivity index (χ4n) is 1.66. The van der Waals surface area contributed by atoms with Gasteiger partial charge in [-0.2, -0.15) is 5.26 Å². The van der Waals surface area contributed by atoms with E-state index >= 15 is 0 Å². The van der Waals surface area contributed by atoms with Crippen molar-refractivity contribution in [2.75, 3.05) is 11.9 Å². The maximum Gasteiger partial charge on any atom is 0.129 e. The van der Waals surface area contributed by atoms with E-state index in [4.69, 9.17) is 16.9 Å². The number of anilines is 1. The van der Waals surface area contributed by atoms with Gasteiger partial charge in [-0.3, -0.25) is 0 Å². The minimum Gasteiger partial charge on any atom is -0.355 e. The second-order valence-electron chi connectivity index (χ2n) is 3.96. The van der Waals surface area contributed by atoms with E-state index in [2.05, 4.69) is 11.1 Å². The molecule has 1 aromatic heterocycles. The lowest BCUT2D eigenvalue weighted by Crippen LogP contribution is -2.17. The Morgan fingerprint density at radius 3 is 2.83 bits per heavy atom. The van der Waals surface area contributed by atoms with Crippen molar-refractivity contribution >= 4 is 17.4 Å². The van der Waals surface area contributed by atoms with Crippen molar-refractivity contribution in [1.82, 2.24) is 4.98 Å². The van der Waals surface area contributed by atoms with Gasteiger partial charge in [0.15, 0.2) is 0 Å². The zero-order chi connectivity index (χ0) is 13.0. The van der Waals surface area contributed by atoms with Gasteiger partial charge < -0.3 is 4.90 Å². The van der Waals surface area contributed by atoms with Crippen LogP contribution in [0.15, 0.2) is 42.6 Å². The van der Waals surface area contributed by atoms with E-state index < -0.39 is 0 Å². The number of nitriles is 1. The molecule has 18 heavy (non-hydrogen) atoms. The van der Waals surface area contributed by atoms with Gasteiger partial charge in [-0.25, -0.2) is 4.98 Å². The first-order valence-corrected chi connectivity index (χ1v) is 5.89. The van der Waals surface area contributed by atoms with Crippen LogP contribution in [0.2, 0.25) is 5.02 Å². The zero-order valence-electron chi connectivity index (χ0n) is 9.97. The molecule has 1 heterocycles. The molecule has 90 valence electrons. The summed E-state index contributed by atoms with van der Waals surface area (Å²) in [6, 6.07) is 13.3. The molecule has 1 aromatic carbocycles. The Hall–Kier alpha value is -2.05. The molecule has 0 fully saturated rings. The molecule has 0 unspecified atom stereocenters. The van der Waals surface area contributed by atoms with Gasteiger partial charge in [-0.05, 0) is 23.8 Å². The minimum absolute atomic E-state index is 0.603. The van der Waals surface area contributed by atoms with Crippen LogP contribution < -0.4 is 4.90 Å². The highest BCUT2D eigenvalue weighted by atomic mass is 35.5. The number of aromatic nitrogens is 1. The van der Waals surface area contributed by atoms with Crippen LogP contribution in [0.5, 0.6) is 0 Å². The topological polar surface area (TPSA) is 39.9 Å². The van der Waals surface area contributed by atoms with Crippen molar-refractivity contribution in [3.8, 4) is 6.07 Å². The standard InChI is InChI=1S/C14H12ClN3/c1-18(10-12-4-2-3-5-13(12)15)14-8-11(9-16)6-7-17-14/h2-8H,10H2,1H3. The maximum atomic E-state index is 8.86. The molecule has 2 rings (SSSR count). The monoisotopic (exact) mass is 257 g/mol. The van der Waals surface area contributed by atoms with E-state index in [0.29, 0.717) is 12.1 Å². The SMILES string of the molecule is CN(Cc1ccccc1Cl)c1cc(C#N)ccn1. The third-order valence-corrected chi connectivity index (χ3v) is 3.00. The Morgan fingerprint density at radius 1 is 1.33 bits per heavy atom. The Morgan fingerprint density at radius 2 is 2.11 bits per heavy atom. The summed E-state index contributed by atoms with van der Waals surface area (Å²) in [5, 5.41) is 9.60. The average Bonchev–Trinajstić information content (AvgIpc) is 2.41. The number of hydrogen-bond donors (Lipinski definition) is 0. The predicted molar refractivity (Wildman–Crippen MR) is 72.5 cm³/mol. The molecule has 0 spiro atoms. The number of rotatable bonds is 3. The molecule has 0 bridgehead atoms. The van der Waals surface area contributed by atoms with Gasteiger partial charge in [0.25, 0.3) is 0 Å². The summed E-state index contributed by atoms with van der Waals surface area (Å²) in [5.74, 6) is 0.758. The lowest BCUT2D eigenvalue weighted by atomic mass is 10.2. The van der Waals surface area contributed by atoms with E-state index in [9.17, 15) is 0 Å². The fourth-order valence-corrected chi connectivity index (χ4v) is 1.86. The lowest BCUT2D eigenvalue weighted by molar-refractivity contribution is 0.897. The Balaban J connectivity index is 2.20. The van der Waals surface area contributed by atoms with Crippen LogP contribution in [-0.2, 0) is 6.54 Å². The summed E-state index contributed by atoms with van der Waals surface area (Å²) < 4.78 is 0. The summed E-state index contributed by atoms with van der Waals surface area (Å²) in [4.78, 5) is 6.21. The molecule has 0 aliphatic heterocycles. The number of hydrogen-bond acceptors (Lipinski definition) is 3. The number of benzene rings is 1. The molecule has 0 N–H and O–H groups in total. The Labute approximate surface area is 111 Å². The molecule has 2 aromatic rings. The third-order valence-electron chi connectivity index (χ3n) is 2.63. The second kappa shape index (κ2) is 5.52. The normalized spacial score (nSPS) is 9.83. The van der Waals surface area contributed by atoms with Gasteiger partial charge in [0.2, 0.25) is 0 Å². The predicted octanol–water partition coefficient (Wildman–Crippen LogP) is 3.24. The van der Waals surface area contributed by atoms with Crippen molar-refractivity contribution in [2.24, 2.45) is 0 Å². The number of pyridine rings is 1. The highest BCUT2D eigenvalue weighted by Gasteiger charge is 2.06. The number of nitrogens with zero attached hydrogens (tertiary/aromatic N) is 3. The summed E-state index contributed by atoms with van der Waals surface area (Å²) in [7, 11) is 1.92. The lowest BCUT2D eigenvalue weighted by Gasteiger charge is -2.18. The molecule has 0 amide bonds. The fraction of sp³-hybridized carbons (Fsp3) is 0.143. The quantitative estimate of drug-likeness (QED) is 0.847. The van der Waals surface area contributed by atoms with Gasteiger partial charge in [-0.15, -0.1) is 0 Å². The first-order chi connectivity index (χ1) is 8.70. The Kier molecular flexibility index (Phi) is 3.81. The van der Waals surface area contributed by atoms with E-state index in [1.54, 1.807) is 18.3 Å².